The fourth-order valence-electron chi connectivity index (χ4n) is 2.41. The average Bonchev–Trinajstić information content (AvgIpc) is 2.87. The summed E-state index contributed by atoms with van der Waals surface area (Å²) in [5.74, 6) is 1.11. The van der Waals surface area contributed by atoms with Crippen LogP contribution in [-0.2, 0) is 6.54 Å². The highest BCUT2D eigenvalue weighted by Crippen LogP contribution is 2.26. The summed E-state index contributed by atoms with van der Waals surface area (Å²) >= 11 is 6.13. The van der Waals surface area contributed by atoms with E-state index in [0.29, 0.717) is 29.4 Å². The Bertz CT molecular complexity index is 586. The lowest BCUT2D eigenvalue weighted by molar-refractivity contribution is 0.184. The van der Waals surface area contributed by atoms with E-state index in [1.54, 1.807) is 0 Å². The maximum atomic E-state index is 6.13. The van der Waals surface area contributed by atoms with Gasteiger partial charge in [-0.15, -0.1) is 10.2 Å². The molecule has 2 heterocycles. The SMILES string of the molecule is CC1CN(Cc2nnc(-c3ccccc3Cl)o2)CCN1. The van der Waals surface area contributed by atoms with Crippen LogP contribution in [0.2, 0.25) is 5.02 Å². The van der Waals surface area contributed by atoms with Crippen molar-refractivity contribution in [2.75, 3.05) is 19.6 Å². The lowest BCUT2D eigenvalue weighted by Gasteiger charge is -2.30. The summed E-state index contributed by atoms with van der Waals surface area (Å²) in [4.78, 5) is 2.31. The number of hydrogen-bond acceptors (Lipinski definition) is 5. The summed E-state index contributed by atoms with van der Waals surface area (Å²) in [5, 5.41) is 12.2. The van der Waals surface area contributed by atoms with E-state index in [0.717, 1.165) is 25.2 Å². The van der Waals surface area contributed by atoms with E-state index in [9.17, 15) is 0 Å². The Kier molecular flexibility index (Phi) is 4.00. The minimum absolute atomic E-state index is 0.480. The van der Waals surface area contributed by atoms with Gasteiger partial charge in [-0.1, -0.05) is 23.7 Å². The third-order valence-corrected chi connectivity index (χ3v) is 3.71. The van der Waals surface area contributed by atoms with Gasteiger partial charge in [-0.3, -0.25) is 4.90 Å². The topological polar surface area (TPSA) is 54.2 Å². The number of hydrogen-bond donors (Lipinski definition) is 1. The highest BCUT2D eigenvalue weighted by molar-refractivity contribution is 6.33. The zero-order chi connectivity index (χ0) is 13.9. The van der Waals surface area contributed by atoms with Crippen LogP contribution in [0, 0.1) is 0 Å². The Balaban J connectivity index is 1.72. The molecule has 106 valence electrons. The highest BCUT2D eigenvalue weighted by Gasteiger charge is 2.18. The van der Waals surface area contributed by atoms with Crippen LogP contribution in [0.5, 0.6) is 0 Å². The zero-order valence-corrected chi connectivity index (χ0v) is 12.1. The third-order valence-electron chi connectivity index (χ3n) is 3.38. The molecule has 0 spiro atoms. The zero-order valence-electron chi connectivity index (χ0n) is 11.3. The number of nitrogens with zero attached hydrogens (tertiary/aromatic N) is 3. The molecule has 20 heavy (non-hydrogen) atoms. The molecule has 6 heteroatoms. The summed E-state index contributed by atoms with van der Waals surface area (Å²) in [6.07, 6.45) is 0. The van der Waals surface area contributed by atoms with Crippen LogP contribution in [0.3, 0.4) is 0 Å². The first-order chi connectivity index (χ1) is 9.72. The smallest absolute Gasteiger partial charge is 0.249 e. The molecule has 1 saturated heterocycles. The molecule has 0 saturated carbocycles. The van der Waals surface area contributed by atoms with Crippen molar-refractivity contribution in [2.45, 2.75) is 19.5 Å². The predicted octanol–water partition coefficient (Wildman–Crippen LogP) is 2.18. The van der Waals surface area contributed by atoms with Gasteiger partial charge in [-0.25, -0.2) is 0 Å². The van der Waals surface area contributed by atoms with Gasteiger partial charge in [-0.2, -0.15) is 0 Å². The molecule has 0 bridgehead atoms. The second-order valence-corrected chi connectivity index (χ2v) is 5.48. The lowest BCUT2D eigenvalue weighted by Crippen LogP contribution is -2.48. The standard InChI is InChI=1S/C14H17ClN4O/c1-10-8-19(7-6-16-10)9-13-17-18-14(20-13)11-4-2-3-5-12(11)15/h2-5,10,16H,6-9H2,1H3. The summed E-state index contributed by atoms with van der Waals surface area (Å²) in [5.41, 5.74) is 0.779. The maximum absolute atomic E-state index is 6.13. The number of halogens is 1. The molecule has 5 nitrogen and oxygen atoms in total. The minimum atomic E-state index is 0.480. The van der Waals surface area contributed by atoms with E-state index in [-0.39, 0.29) is 0 Å². The molecule has 1 unspecified atom stereocenters. The van der Waals surface area contributed by atoms with E-state index in [1.807, 2.05) is 24.3 Å². The van der Waals surface area contributed by atoms with Crippen LogP contribution in [-0.4, -0.2) is 40.8 Å². The van der Waals surface area contributed by atoms with E-state index in [2.05, 4.69) is 27.3 Å². The molecule has 3 rings (SSSR count). The van der Waals surface area contributed by atoms with Crippen LogP contribution in [0.25, 0.3) is 11.5 Å². The summed E-state index contributed by atoms with van der Waals surface area (Å²) < 4.78 is 5.72. The van der Waals surface area contributed by atoms with E-state index < -0.39 is 0 Å². The fraction of sp³-hybridized carbons (Fsp3) is 0.429. The second-order valence-electron chi connectivity index (χ2n) is 5.07. The van der Waals surface area contributed by atoms with Crippen molar-refractivity contribution < 1.29 is 4.42 Å². The number of piperazine rings is 1. The number of benzene rings is 1. The molecular formula is C14H17ClN4O. The first kappa shape index (κ1) is 13.5. The normalized spacial score (nSPS) is 20.2. The van der Waals surface area contributed by atoms with Crippen molar-refractivity contribution in [3.05, 3.63) is 35.2 Å². The molecule has 1 N–H and O–H groups in total. The Morgan fingerprint density at radius 1 is 1.40 bits per heavy atom. The molecule has 0 amide bonds. The predicted molar refractivity (Wildman–Crippen MR) is 77.5 cm³/mol. The van der Waals surface area contributed by atoms with Crippen molar-refractivity contribution >= 4 is 11.6 Å². The van der Waals surface area contributed by atoms with Crippen molar-refractivity contribution in [1.82, 2.24) is 20.4 Å². The third kappa shape index (κ3) is 3.00. The van der Waals surface area contributed by atoms with Gasteiger partial charge in [0.05, 0.1) is 17.1 Å². The van der Waals surface area contributed by atoms with Gasteiger partial charge in [0.1, 0.15) is 0 Å². The largest absolute Gasteiger partial charge is 0.419 e. The molecule has 1 aliphatic rings. The van der Waals surface area contributed by atoms with Gasteiger partial charge in [-0.05, 0) is 19.1 Å². The molecule has 1 atom stereocenters. The minimum Gasteiger partial charge on any atom is -0.419 e. The van der Waals surface area contributed by atoms with Gasteiger partial charge < -0.3 is 9.73 Å². The van der Waals surface area contributed by atoms with Crippen LogP contribution in [0.4, 0.5) is 0 Å². The Labute approximate surface area is 122 Å². The monoisotopic (exact) mass is 292 g/mol. The molecule has 1 aromatic heterocycles. The van der Waals surface area contributed by atoms with Crippen molar-refractivity contribution in [3.8, 4) is 11.5 Å². The maximum Gasteiger partial charge on any atom is 0.249 e. The van der Waals surface area contributed by atoms with Gasteiger partial charge in [0.25, 0.3) is 0 Å². The average molecular weight is 293 g/mol. The highest BCUT2D eigenvalue weighted by atomic mass is 35.5. The quantitative estimate of drug-likeness (QED) is 0.940. The van der Waals surface area contributed by atoms with Gasteiger partial charge in [0, 0.05) is 25.7 Å². The second kappa shape index (κ2) is 5.91. The molecule has 0 radical (unpaired) electrons. The van der Waals surface area contributed by atoms with E-state index in [1.165, 1.54) is 0 Å². The summed E-state index contributed by atoms with van der Waals surface area (Å²) in [7, 11) is 0. The number of rotatable bonds is 3. The van der Waals surface area contributed by atoms with Crippen molar-refractivity contribution in [3.63, 3.8) is 0 Å². The lowest BCUT2D eigenvalue weighted by atomic mass is 10.2. The molecule has 1 aliphatic heterocycles. The first-order valence-electron chi connectivity index (χ1n) is 6.75. The molecule has 1 aromatic carbocycles. The molecule has 2 aromatic rings. The van der Waals surface area contributed by atoms with Gasteiger partial charge >= 0.3 is 0 Å². The van der Waals surface area contributed by atoms with Crippen molar-refractivity contribution in [2.24, 2.45) is 0 Å². The summed E-state index contributed by atoms with van der Waals surface area (Å²) in [6.45, 7) is 5.84. The molecule has 0 aliphatic carbocycles. The van der Waals surface area contributed by atoms with Gasteiger partial charge in [0.2, 0.25) is 11.8 Å². The Morgan fingerprint density at radius 2 is 2.25 bits per heavy atom. The Morgan fingerprint density at radius 3 is 3.05 bits per heavy atom. The van der Waals surface area contributed by atoms with Crippen LogP contribution in [0.15, 0.2) is 28.7 Å². The summed E-state index contributed by atoms with van der Waals surface area (Å²) in [6, 6.07) is 7.98. The fourth-order valence-corrected chi connectivity index (χ4v) is 2.62. The van der Waals surface area contributed by atoms with Gasteiger partial charge in [0.15, 0.2) is 0 Å². The van der Waals surface area contributed by atoms with Crippen LogP contribution >= 0.6 is 11.6 Å². The first-order valence-corrected chi connectivity index (χ1v) is 7.13. The van der Waals surface area contributed by atoms with Crippen LogP contribution in [0.1, 0.15) is 12.8 Å². The van der Waals surface area contributed by atoms with Crippen molar-refractivity contribution in [1.29, 1.82) is 0 Å². The molecule has 1 fully saturated rings. The molecular weight excluding hydrogens is 276 g/mol. The number of aromatic nitrogens is 2. The van der Waals surface area contributed by atoms with E-state index >= 15 is 0 Å². The Hall–Kier alpha value is -1.43. The number of nitrogens with one attached hydrogen (secondary N) is 1. The van der Waals surface area contributed by atoms with E-state index in [4.69, 9.17) is 16.0 Å². The van der Waals surface area contributed by atoms with Crippen LogP contribution < -0.4 is 5.32 Å².